The summed E-state index contributed by atoms with van der Waals surface area (Å²) in [5.41, 5.74) is 8.68. The summed E-state index contributed by atoms with van der Waals surface area (Å²) in [5.74, 6) is 0.937. The normalized spacial score (nSPS) is 20.3. The highest BCUT2D eigenvalue weighted by Gasteiger charge is 2.40. The average Bonchev–Trinajstić information content (AvgIpc) is 3.09. The summed E-state index contributed by atoms with van der Waals surface area (Å²) in [6.45, 7) is 5.08. The van der Waals surface area contributed by atoms with Crippen LogP contribution in [-0.2, 0) is 10.0 Å². The molecule has 0 bridgehead atoms. The molecule has 1 aliphatic rings. The van der Waals surface area contributed by atoms with Crippen LogP contribution in [0.2, 0.25) is 0 Å². The van der Waals surface area contributed by atoms with E-state index in [4.69, 9.17) is 10.5 Å². The van der Waals surface area contributed by atoms with Gasteiger partial charge in [-0.3, -0.25) is 0 Å². The first kappa shape index (κ1) is 21.7. The van der Waals surface area contributed by atoms with Crippen LogP contribution < -0.4 is 10.5 Å². The molecule has 0 radical (unpaired) electrons. The molecule has 2 atom stereocenters. The Balaban J connectivity index is 0.00000261. The molecule has 27 heavy (non-hydrogen) atoms. The van der Waals surface area contributed by atoms with Gasteiger partial charge >= 0.3 is 0 Å². The third kappa shape index (κ3) is 3.99. The molecule has 0 aliphatic carbocycles. The molecule has 0 unspecified atom stereocenters. The number of ether oxygens (including phenoxy) is 1. The zero-order valence-corrected chi connectivity index (χ0v) is 17.5. The van der Waals surface area contributed by atoms with Crippen molar-refractivity contribution in [3.63, 3.8) is 0 Å². The number of hydrogen-bond donors (Lipinski definition) is 1. The first-order valence-electron chi connectivity index (χ1n) is 8.79. The third-order valence-corrected chi connectivity index (χ3v) is 7.44. The minimum Gasteiger partial charge on any atom is -0.496 e. The molecule has 0 spiro atoms. The predicted octanol–water partition coefficient (Wildman–Crippen LogP) is 3.10. The SMILES string of the molecule is COc1ccc(S(=O)(=O)N2C[C@@H](CN)[C@H](c3ccccc3)C2)c(C)c1C.Cl. The van der Waals surface area contributed by atoms with Gasteiger partial charge in [0.2, 0.25) is 10.0 Å². The second kappa shape index (κ2) is 8.61. The zero-order chi connectivity index (χ0) is 18.9. The lowest BCUT2D eigenvalue weighted by molar-refractivity contribution is 0.410. The van der Waals surface area contributed by atoms with Crippen molar-refractivity contribution in [2.24, 2.45) is 11.7 Å². The maximum atomic E-state index is 13.3. The Labute approximate surface area is 168 Å². The highest BCUT2D eigenvalue weighted by molar-refractivity contribution is 7.89. The van der Waals surface area contributed by atoms with E-state index in [1.807, 2.05) is 44.2 Å². The Kier molecular flexibility index (Phi) is 6.92. The van der Waals surface area contributed by atoms with Gasteiger partial charge in [0.05, 0.1) is 12.0 Å². The van der Waals surface area contributed by atoms with Crippen LogP contribution in [-0.4, -0.2) is 39.5 Å². The maximum Gasteiger partial charge on any atom is 0.243 e. The summed E-state index contributed by atoms with van der Waals surface area (Å²) in [5, 5.41) is 0. The largest absolute Gasteiger partial charge is 0.496 e. The van der Waals surface area contributed by atoms with Gasteiger partial charge in [-0.25, -0.2) is 8.42 Å². The summed E-state index contributed by atoms with van der Waals surface area (Å²) in [6, 6.07) is 13.4. The van der Waals surface area contributed by atoms with E-state index in [1.165, 1.54) is 0 Å². The van der Waals surface area contributed by atoms with Crippen LogP contribution in [0.15, 0.2) is 47.4 Å². The van der Waals surface area contributed by atoms with E-state index < -0.39 is 10.0 Å². The van der Waals surface area contributed by atoms with Crippen molar-refractivity contribution in [1.82, 2.24) is 4.31 Å². The topological polar surface area (TPSA) is 72.6 Å². The van der Waals surface area contributed by atoms with Gasteiger partial charge in [-0.2, -0.15) is 4.31 Å². The van der Waals surface area contributed by atoms with Gasteiger partial charge in [0.25, 0.3) is 0 Å². The first-order valence-corrected chi connectivity index (χ1v) is 10.2. The Morgan fingerprint density at radius 2 is 1.74 bits per heavy atom. The summed E-state index contributed by atoms with van der Waals surface area (Å²) in [4.78, 5) is 0.347. The van der Waals surface area contributed by atoms with E-state index in [2.05, 4.69) is 0 Å². The van der Waals surface area contributed by atoms with E-state index in [0.717, 1.165) is 16.7 Å². The second-order valence-electron chi connectivity index (χ2n) is 6.85. The number of nitrogens with zero attached hydrogens (tertiary/aromatic N) is 1. The van der Waals surface area contributed by atoms with Gasteiger partial charge in [-0.05, 0) is 55.1 Å². The standard InChI is InChI=1S/C20H26N2O3S.ClH/c1-14-15(2)20(10-9-19(14)25-3)26(23,24)22-12-17(11-21)18(13-22)16-7-5-4-6-8-16;/h4-10,17-18H,11-13,21H2,1-3H3;1H/t17-,18+;/m1./s1. The average molecular weight is 411 g/mol. The summed E-state index contributed by atoms with van der Waals surface area (Å²) < 4.78 is 33.5. The molecule has 3 rings (SSSR count). The number of nitrogens with two attached hydrogens (primary N) is 1. The molecule has 2 N–H and O–H groups in total. The fourth-order valence-electron chi connectivity index (χ4n) is 3.76. The fourth-order valence-corrected chi connectivity index (χ4v) is 5.56. The lowest BCUT2D eigenvalue weighted by Gasteiger charge is -2.20. The van der Waals surface area contributed by atoms with E-state index in [-0.39, 0.29) is 24.2 Å². The fraction of sp³-hybridized carbons (Fsp3) is 0.400. The number of halogens is 1. The number of rotatable bonds is 5. The number of methoxy groups -OCH3 is 1. The Morgan fingerprint density at radius 1 is 1.07 bits per heavy atom. The minimum atomic E-state index is -3.58. The quantitative estimate of drug-likeness (QED) is 0.822. The molecule has 0 saturated carbocycles. The molecule has 5 nitrogen and oxygen atoms in total. The number of hydrogen-bond acceptors (Lipinski definition) is 4. The van der Waals surface area contributed by atoms with Gasteiger partial charge in [0, 0.05) is 19.0 Å². The van der Waals surface area contributed by atoms with Crippen LogP contribution in [0.25, 0.3) is 0 Å². The number of benzene rings is 2. The molecule has 1 fully saturated rings. The van der Waals surface area contributed by atoms with Crippen LogP contribution in [0.4, 0.5) is 0 Å². The van der Waals surface area contributed by atoms with Gasteiger partial charge in [0.1, 0.15) is 5.75 Å². The van der Waals surface area contributed by atoms with Crippen molar-refractivity contribution < 1.29 is 13.2 Å². The number of sulfonamides is 1. The smallest absolute Gasteiger partial charge is 0.243 e. The van der Waals surface area contributed by atoms with Crippen molar-refractivity contribution in [2.75, 3.05) is 26.7 Å². The second-order valence-corrected chi connectivity index (χ2v) is 8.76. The summed E-state index contributed by atoms with van der Waals surface area (Å²) in [7, 11) is -1.99. The Morgan fingerprint density at radius 3 is 2.33 bits per heavy atom. The van der Waals surface area contributed by atoms with Crippen LogP contribution in [0, 0.1) is 19.8 Å². The minimum absolute atomic E-state index is 0. The molecule has 0 amide bonds. The van der Waals surface area contributed by atoms with E-state index in [0.29, 0.717) is 30.3 Å². The van der Waals surface area contributed by atoms with Gasteiger partial charge in [0.15, 0.2) is 0 Å². The summed E-state index contributed by atoms with van der Waals surface area (Å²) in [6.07, 6.45) is 0. The molecule has 1 aliphatic heterocycles. The summed E-state index contributed by atoms with van der Waals surface area (Å²) >= 11 is 0. The Bertz CT molecular complexity index is 888. The van der Waals surface area contributed by atoms with Crippen molar-refractivity contribution in [2.45, 2.75) is 24.7 Å². The molecule has 1 heterocycles. The van der Waals surface area contributed by atoms with Crippen molar-refractivity contribution >= 4 is 22.4 Å². The zero-order valence-electron chi connectivity index (χ0n) is 15.9. The van der Waals surface area contributed by atoms with E-state index in [1.54, 1.807) is 23.5 Å². The highest BCUT2D eigenvalue weighted by atomic mass is 35.5. The molecule has 0 aromatic heterocycles. The van der Waals surface area contributed by atoms with Crippen molar-refractivity contribution in [3.8, 4) is 5.75 Å². The monoisotopic (exact) mass is 410 g/mol. The van der Waals surface area contributed by atoms with Gasteiger partial charge in [-0.1, -0.05) is 30.3 Å². The molecule has 1 saturated heterocycles. The van der Waals surface area contributed by atoms with Crippen LogP contribution in [0.1, 0.15) is 22.6 Å². The van der Waals surface area contributed by atoms with Gasteiger partial charge in [-0.15, -0.1) is 12.4 Å². The highest BCUT2D eigenvalue weighted by Crippen LogP contribution is 2.37. The van der Waals surface area contributed by atoms with Gasteiger partial charge < -0.3 is 10.5 Å². The lowest BCUT2D eigenvalue weighted by atomic mass is 9.89. The molecule has 148 valence electrons. The molecule has 7 heteroatoms. The van der Waals surface area contributed by atoms with Crippen LogP contribution in [0.5, 0.6) is 5.75 Å². The third-order valence-electron chi connectivity index (χ3n) is 5.46. The predicted molar refractivity (Wildman–Crippen MR) is 110 cm³/mol. The molecule has 2 aromatic rings. The van der Waals surface area contributed by atoms with E-state index >= 15 is 0 Å². The van der Waals surface area contributed by atoms with Crippen LogP contribution in [0.3, 0.4) is 0 Å². The van der Waals surface area contributed by atoms with Crippen molar-refractivity contribution in [3.05, 3.63) is 59.2 Å². The first-order chi connectivity index (χ1) is 12.4. The van der Waals surface area contributed by atoms with E-state index in [9.17, 15) is 8.42 Å². The Hall–Kier alpha value is -1.60. The molecular weight excluding hydrogens is 384 g/mol. The molecule has 2 aromatic carbocycles. The van der Waals surface area contributed by atoms with Crippen LogP contribution >= 0.6 is 12.4 Å². The molecular formula is C20H27ClN2O3S. The lowest BCUT2D eigenvalue weighted by Crippen LogP contribution is -2.30. The maximum absolute atomic E-state index is 13.3. The van der Waals surface area contributed by atoms with Crippen molar-refractivity contribution in [1.29, 1.82) is 0 Å².